The fourth-order valence-electron chi connectivity index (χ4n) is 7.78. The second-order valence-corrected chi connectivity index (χ2v) is 10.3. The van der Waals surface area contributed by atoms with Crippen molar-refractivity contribution in [1.29, 1.82) is 0 Å². The average Bonchev–Trinajstić information content (AvgIpc) is 2.93. The van der Waals surface area contributed by atoms with Gasteiger partial charge in [0.05, 0.1) is 24.7 Å². The molecule has 0 amide bonds. The van der Waals surface area contributed by atoms with Gasteiger partial charge in [-0.1, -0.05) is 25.5 Å². The number of aliphatic hydroxyl groups excluding tert-OH is 1. The molecule has 152 valence electrons. The molecule has 4 aliphatic carbocycles. The summed E-state index contributed by atoms with van der Waals surface area (Å²) in [5.74, 6) is 0.894. The Morgan fingerprint density at radius 1 is 1.19 bits per heavy atom. The van der Waals surface area contributed by atoms with Gasteiger partial charge < -0.3 is 14.9 Å². The number of rotatable bonds is 2. The highest BCUT2D eigenvalue weighted by Gasteiger charge is 2.66. The van der Waals surface area contributed by atoms with E-state index in [2.05, 4.69) is 19.9 Å². The van der Waals surface area contributed by atoms with Crippen LogP contribution in [0.25, 0.3) is 0 Å². The summed E-state index contributed by atoms with van der Waals surface area (Å²) in [4.78, 5) is 12.3. The number of methoxy groups -OCH3 is 1. The molecule has 0 saturated heterocycles. The second-order valence-electron chi connectivity index (χ2n) is 10.3. The minimum atomic E-state index is -0.969. The topological polar surface area (TPSA) is 66.8 Å². The molecule has 0 aromatic carbocycles. The van der Waals surface area contributed by atoms with E-state index in [1.165, 1.54) is 12.7 Å². The molecule has 0 heterocycles. The first-order chi connectivity index (χ1) is 12.7. The summed E-state index contributed by atoms with van der Waals surface area (Å²) in [5, 5.41) is 21.8. The third kappa shape index (κ3) is 2.51. The van der Waals surface area contributed by atoms with E-state index in [9.17, 15) is 15.0 Å². The number of ether oxygens (including phenoxy) is 1. The number of aliphatic hydroxyl groups is 2. The SMILES string of the molecule is COC(=O)[C@H](C)[C@]1(O)CC[C@@H]2[C@@H]3CC=C4C[C@H](O)CC[C@]4(C)[C@H]3CC[C@@]21C. The molecule has 4 rings (SSSR count). The summed E-state index contributed by atoms with van der Waals surface area (Å²) < 4.78 is 4.99. The van der Waals surface area contributed by atoms with Gasteiger partial charge in [0.15, 0.2) is 0 Å². The minimum Gasteiger partial charge on any atom is -0.469 e. The third-order valence-electron chi connectivity index (χ3n) is 9.56. The molecule has 2 N–H and O–H groups in total. The van der Waals surface area contributed by atoms with Crippen LogP contribution in [0.5, 0.6) is 0 Å². The Kier molecular flexibility index (Phi) is 4.55. The monoisotopic (exact) mass is 376 g/mol. The minimum absolute atomic E-state index is 0.174. The molecule has 0 aromatic heterocycles. The van der Waals surface area contributed by atoms with Crippen molar-refractivity contribution in [1.82, 2.24) is 0 Å². The van der Waals surface area contributed by atoms with Crippen LogP contribution in [0.1, 0.15) is 72.1 Å². The lowest BCUT2D eigenvalue weighted by Gasteiger charge is -2.59. The summed E-state index contributed by atoms with van der Waals surface area (Å²) in [6, 6.07) is 0. The summed E-state index contributed by atoms with van der Waals surface area (Å²) >= 11 is 0. The molecule has 0 bridgehead atoms. The van der Waals surface area contributed by atoms with Crippen molar-refractivity contribution < 1.29 is 19.7 Å². The van der Waals surface area contributed by atoms with Gasteiger partial charge in [-0.3, -0.25) is 4.79 Å². The van der Waals surface area contributed by atoms with E-state index in [1.54, 1.807) is 0 Å². The van der Waals surface area contributed by atoms with E-state index in [0.29, 0.717) is 24.2 Å². The zero-order chi connectivity index (χ0) is 19.6. The molecule has 4 heteroatoms. The zero-order valence-electron chi connectivity index (χ0n) is 17.3. The molecule has 0 aromatic rings. The van der Waals surface area contributed by atoms with Crippen molar-refractivity contribution in [2.45, 2.75) is 83.8 Å². The van der Waals surface area contributed by atoms with E-state index >= 15 is 0 Å². The Hall–Kier alpha value is -0.870. The van der Waals surface area contributed by atoms with Gasteiger partial charge in [-0.2, -0.15) is 0 Å². The first-order valence-corrected chi connectivity index (χ1v) is 10.8. The van der Waals surface area contributed by atoms with Crippen molar-refractivity contribution in [3.63, 3.8) is 0 Å². The van der Waals surface area contributed by atoms with Gasteiger partial charge >= 0.3 is 5.97 Å². The third-order valence-corrected chi connectivity index (χ3v) is 9.56. The van der Waals surface area contributed by atoms with Crippen LogP contribution >= 0.6 is 0 Å². The van der Waals surface area contributed by atoms with Crippen LogP contribution in [-0.2, 0) is 9.53 Å². The number of fused-ring (bicyclic) bond motifs is 5. The number of hydrogen-bond acceptors (Lipinski definition) is 4. The van der Waals surface area contributed by atoms with E-state index in [-0.39, 0.29) is 22.9 Å². The summed E-state index contributed by atoms with van der Waals surface area (Å²) in [5.41, 5.74) is 0.487. The van der Waals surface area contributed by atoms with Gasteiger partial charge in [0.25, 0.3) is 0 Å². The van der Waals surface area contributed by atoms with Gasteiger partial charge in [-0.15, -0.1) is 0 Å². The maximum absolute atomic E-state index is 12.3. The summed E-state index contributed by atoms with van der Waals surface area (Å²) in [6.45, 7) is 6.49. The summed E-state index contributed by atoms with van der Waals surface area (Å²) in [6.07, 6.45) is 9.89. The molecule has 3 saturated carbocycles. The van der Waals surface area contributed by atoms with Crippen LogP contribution in [0.15, 0.2) is 11.6 Å². The van der Waals surface area contributed by atoms with Gasteiger partial charge in [0.1, 0.15) is 0 Å². The van der Waals surface area contributed by atoms with Crippen molar-refractivity contribution >= 4 is 5.97 Å². The van der Waals surface area contributed by atoms with Crippen LogP contribution in [0.2, 0.25) is 0 Å². The molecule has 27 heavy (non-hydrogen) atoms. The Morgan fingerprint density at radius 2 is 1.89 bits per heavy atom. The maximum Gasteiger partial charge on any atom is 0.311 e. The fraction of sp³-hybridized carbons (Fsp3) is 0.870. The van der Waals surface area contributed by atoms with Gasteiger partial charge in [0, 0.05) is 5.41 Å². The second kappa shape index (κ2) is 6.32. The van der Waals surface area contributed by atoms with Gasteiger partial charge in [-0.25, -0.2) is 0 Å². The number of carbonyl (C=O) groups excluding carboxylic acids is 1. The molecule has 8 atom stereocenters. The van der Waals surface area contributed by atoms with E-state index < -0.39 is 11.5 Å². The number of carbonyl (C=O) groups is 1. The molecular formula is C23H36O4. The average molecular weight is 377 g/mol. The predicted octanol–water partition coefficient (Wildman–Crippen LogP) is 3.85. The Labute approximate surface area is 163 Å². The predicted molar refractivity (Wildman–Crippen MR) is 104 cm³/mol. The van der Waals surface area contributed by atoms with Crippen LogP contribution in [0.3, 0.4) is 0 Å². The van der Waals surface area contributed by atoms with Crippen molar-refractivity contribution in [3.05, 3.63) is 11.6 Å². The molecular weight excluding hydrogens is 340 g/mol. The van der Waals surface area contributed by atoms with Gasteiger partial charge in [-0.05, 0) is 81.5 Å². The first kappa shape index (κ1) is 19.4. The molecule has 4 nitrogen and oxygen atoms in total. The van der Waals surface area contributed by atoms with Crippen molar-refractivity contribution in [2.75, 3.05) is 7.11 Å². The molecule has 4 aliphatic rings. The molecule has 0 radical (unpaired) electrons. The number of esters is 1. The maximum atomic E-state index is 12.3. The standard InChI is InChI=1S/C23H36O4/c1-14(20(25)27-4)23(26)12-9-19-17-6-5-15-13-16(24)7-10-21(15,2)18(17)8-11-22(19,23)3/h5,14,16-19,24,26H,6-13H2,1-4H3/t14-,16+,17+,18-,19+,21-,22-,23+/m0/s1. The van der Waals surface area contributed by atoms with Crippen LogP contribution in [0, 0.1) is 34.5 Å². The fourth-order valence-corrected chi connectivity index (χ4v) is 7.78. The number of allylic oxidation sites excluding steroid dienone is 1. The Bertz CT molecular complexity index is 657. The highest BCUT2D eigenvalue weighted by atomic mass is 16.5. The van der Waals surface area contributed by atoms with Gasteiger partial charge in [0.2, 0.25) is 0 Å². The lowest BCUT2D eigenvalue weighted by atomic mass is 9.46. The normalized spacial score (nSPS) is 50.1. The highest BCUT2D eigenvalue weighted by molar-refractivity contribution is 5.73. The van der Waals surface area contributed by atoms with Crippen molar-refractivity contribution in [2.24, 2.45) is 34.5 Å². The number of hydrogen-bond donors (Lipinski definition) is 2. The van der Waals surface area contributed by atoms with Crippen LogP contribution in [0.4, 0.5) is 0 Å². The molecule has 3 fully saturated rings. The lowest BCUT2D eigenvalue weighted by molar-refractivity contribution is -0.177. The Balaban J connectivity index is 1.65. The lowest BCUT2D eigenvalue weighted by Crippen LogP contribution is -2.57. The largest absolute Gasteiger partial charge is 0.469 e. The quantitative estimate of drug-likeness (QED) is 0.567. The Morgan fingerprint density at radius 3 is 2.59 bits per heavy atom. The van der Waals surface area contributed by atoms with E-state index in [0.717, 1.165) is 44.9 Å². The zero-order valence-corrected chi connectivity index (χ0v) is 17.3. The van der Waals surface area contributed by atoms with E-state index in [1.807, 2.05) is 6.92 Å². The summed E-state index contributed by atoms with van der Waals surface area (Å²) in [7, 11) is 1.42. The molecule has 0 spiro atoms. The molecule has 0 aliphatic heterocycles. The van der Waals surface area contributed by atoms with Crippen LogP contribution < -0.4 is 0 Å². The van der Waals surface area contributed by atoms with Crippen molar-refractivity contribution in [3.8, 4) is 0 Å². The van der Waals surface area contributed by atoms with Crippen LogP contribution in [-0.4, -0.2) is 35.0 Å². The first-order valence-electron chi connectivity index (χ1n) is 10.8. The molecule has 0 unspecified atom stereocenters. The smallest absolute Gasteiger partial charge is 0.311 e. The van der Waals surface area contributed by atoms with E-state index in [4.69, 9.17) is 4.74 Å². The highest BCUT2D eigenvalue weighted by Crippen LogP contribution is 2.68.